The summed E-state index contributed by atoms with van der Waals surface area (Å²) in [4.78, 5) is 14.2. The third kappa shape index (κ3) is 5.81. The van der Waals surface area contributed by atoms with Crippen LogP contribution in [-0.4, -0.2) is 44.2 Å². The highest BCUT2D eigenvalue weighted by atomic mass is 19.1. The lowest BCUT2D eigenvalue weighted by molar-refractivity contribution is -0.131. The lowest BCUT2D eigenvalue weighted by atomic mass is 10.2. The molecule has 1 aromatic rings. The lowest BCUT2D eigenvalue weighted by Crippen LogP contribution is -2.39. The Labute approximate surface area is 125 Å². The first-order chi connectivity index (χ1) is 10.2. The van der Waals surface area contributed by atoms with E-state index in [9.17, 15) is 9.18 Å². The van der Waals surface area contributed by atoms with Crippen LogP contribution in [0, 0.1) is 11.7 Å². The summed E-state index contributed by atoms with van der Waals surface area (Å²) in [5.74, 6) is 0.468. The topological polar surface area (TPSA) is 41.6 Å². The van der Waals surface area contributed by atoms with Crippen molar-refractivity contribution in [2.24, 2.45) is 5.92 Å². The van der Waals surface area contributed by atoms with E-state index >= 15 is 0 Å². The number of hydrogen-bond donors (Lipinski definition) is 1. The second-order valence-electron chi connectivity index (χ2n) is 5.51. The molecular formula is C16H23FN2O2. The summed E-state index contributed by atoms with van der Waals surface area (Å²) in [6, 6.07) is 6.35. The van der Waals surface area contributed by atoms with Crippen molar-refractivity contribution in [1.29, 1.82) is 0 Å². The molecule has 1 fully saturated rings. The van der Waals surface area contributed by atoms with E-state index in [0.717, 1.165) is 12.1 Å². The minimum atomic E-state index is -0.250. The number of carbonyl (C=O) groups excluding carboxylic acids is 1. The normalized spacial score (nSPS) is 14.2. The van der Waals surface area contributed by atoms with E-state index in [1.54, 1.807) is 19.2 Å². The van der Waals surface area contributed by atoms with Gasteiger partial charge in [0.05, 0.1) is 13.2 Å². The van der Waals surface area contributed by atoms with Gasteiger partial charge < -0.3 is 15.0 Å². The monoisotopic (exact) mass is 294 g/mol. The van der Waals surface area contributed by atoms with Crippen LogP contribution in [0.2, 0.25) is 0 Å². The molecule has 0 aliphatic heterocycles. The molecule has 1 aromatic carbocycles. The minimum Gasteiger partial charge on any atom is -0.383 e. The van der Waals surface area contributed by atoms with E-state index in [4.69, 9.17) is 4.74 Å². The van der Waals surface area contributed by atoms with Crippen molar-refractivity contribution in [2.75, 3.05) is 33.4 Å². The van der Waals surface area contributed by atoms with Crippen molar-refractivity contribution < 1.29 is 13.9 Å². The van der Waals surface area contributed by atoms with Crippen molar-refractivity contribution >= 4 is 5.91 Å². The predicted octanol–water partition coefficient (Wildman–Crippen LogP) is 1.80. The maximum Gasteiger partial charge on any atom is 0.236 e. The molecule has 1 N–H and O–H groups in total. The zero-order chi connectivity index (χ0) is 15.1. The number of amides is 1. The van der Waals surface area contributed by atoms with Crippen LogP contribution in [0.15, 0.2) is 24.3 Å². The SMILES string of the molecule is COCCNCC(=O)N(Cc1ccc(F)cc1)CC1CC1. The van der Waals surface area contributed by atoms with Gasteiger partial charge in [-0.1, -0.05) is 12.1 Å². The Hall–Kier alpha value is -1.46. The fourth-order valence-corrected chi connectivity index (χ4v) is 2.16. The van der Waals surface area contributed by atoms with E-state index in [-0.39, 0.29) is 11.7 Å². The average molecular weight is 294 g/mol. The number of nitrogens with one attached hydrogen (secondary N) is 1. The van der Waals surface area contributed by atoms with Crippen molar-refractivity contribution in [3.63, 3.8) is 0 Å². The van der Waals surface area contributed by atoms with Crippen molar-refractivity contribution in [2.45, 2.75) is 19.4 Å². The van der Waals surface area contributed by atoms with Crippen LogP contribution in [0.3, 0.4) is 0 Å². The molecule has 4 nitrogen and oxygen atoms in total. The summed E-state index contributed by atoms with van der Waals surface area (Å²) >= 11 is 0. The van der Waals surface area contributed by atoms with Crippen molar-refractivity contribution in [1.82, 2.24) is 10.2 Å². The first kappa shape index (κ1) is 15.9. The fraction of sp³-hybridized carbons (Fsp3) is 0.562. The molecule has 1 amide bonds. The molecule has 0 spiro atoms. The first-order valence-corrected chi connectivity index (χ1v) is 7.41. The molecule has 1 saturated carbocycles. The third-order valence-corrected chi connectivity index (χ3v) is 3.57. The number of ether oxygens (including phenoxy) is 1. The summed E-state index contributed by atoms with van der Waals surface area (Å²) in [6.45, 7) is 2.91. The number of rotatable bonds is 9. The van der Waals surface area contributed by atoms with Crippen LogP contribution >= 0.6 is 0 Å². The van der Waals surface area contributed by atoms with Gasteiger partial charge in [-0.3, -0.25) is 4.79 Å². The van der Waals surface area contributed by atoms with Gasteiger partial charge >= 0.3 is 0 Å². The molecule has 0 bridgehead atoms. The van der Waals surface area contributed by atoms with Gasteiger partial charge in [0, 0.05) is 26.7 Å². The molecule has 2 rings (SSSR count). The largest absolute Gasteiger partial charge is 0.383 e. The summed E-state index contributed by atoms with van der Waals surface area (Å²) in [5.41, 5.74) is 0.960. The number of halogens is 1. The first-order valence-electron chi connectivity index (χ1n) is 7.41. The average Bonchev–Trinajstić information content (AvgIpc) is 3.29. The van der Waals surface area contributed by atoms with Crippen molar-refractivity contribution in [3.05, 3.63) is 35.6 Å². The van der Waals surface area contributed by atoms with Crippen LogP contribution in [0.1, 0.15) is 18.4 Å². The molecule has 0 saturated heterocycles. The fourth-order valence-electron chi connectivity index (χ4n) is 2.16. The Morgan fingerprint density at radius 3 is 2.71 bits per heavy atom. The quantitative estimate of drug-likeness (QED) is 0.706. The number of nitrogens with zero attached hydrogens (tertiary/aromatic N) is 1. The van der Waals surface area contributed by atoms with Gasteiger partial charge in [0.25, 0.3) is 0 Å². The van der Waals surface area contributed by atoms with Crippen molar-refractivity contribution in [3.8, 4) is 0 Å². The van der Waals surface area contributed by atoms with Gasteiger partial charge in [0.2, 0.25) is 5.91 Å². The van der Waals surface area contributed by atoms with Gasteiger partial charge in [0.1, 0.15) is 5.82 Å². The summed E-state index contributed by atoms with van der Waals surface area (Å²) in [5, 5.41) is 3.08. The second kappa shape index (κ2) is 8.10. The third-order valence-electron chi connectivity index (χ3n) is 3.57. The van der Waals surface area contributed by atoms with E-state index in [1.165, 1.54) is 25.0 Å². The Balaban J connectivity index is 1.86. The van der Waals surface area contributed by atoms with E-state index in [1.807, 2.05) is 4.90 Å². The molecule has 0 aromatic heterocycles. The molecule has 5 heteroatoms. The maximum atomic E-state index is 12.9. The molecule has 0 heterocycles. The Morgan fingerprint density at radius 1 is 1.38 bits per heavy atom. The Kier molecular flexibility index (Phi) is 6.14. The van der Waals surface area contributed by atoms with Crippen LogP contribution in [0.4, 0.5) is 4.39 Å². The summed E-state index contributed by atoms with van der Waals surface area (Å²) < 4.78 is 17.9. The highest BCUT2D eigenvalue weighted by Crippen LogP contribution is 2.30. The van der Waals surface area contributed by atoms with Gasteiger partial charge in [-0.15, -0.1) is 0 Å². The number of carbonyl (C=O) groups is 1. The van der Waals surface area contributed by atoms with E-state index in [0.29, 0.717) is 32.2 Å². The molecular weight excluding hydrogens is 271 g/mol. The van der Waals surface area contributed by atoms with Crippen LogP contribution < -0.4 is 5.32 Å². The second-order valence-corrected chi connectivity index (χ2v) is 5.51. The number of benzene rings is 1. The van der Waals surface area contributed by atoms with Crippen LogP contribution in [0.5, 0.6) is 0 Å². The van der Waals surface area contributed by atoms with E-state index in [2.05, 4.69) is 5.32 Å². The number of hydrogen-bond acceptors (Lipinski definition) is 3. The predicted molar refractivity (Wildman–Crippen MR) is 79.3 cm³/mol. The Morgan fingerprint density at radius 2 is 2.10 bits per heavy atom. The van der Waals surface area contributed by atoms with Gasteiger partial charge in [-0.05, 0) is 36.5 Å². The molecule has 116 valence electrons. The molecule has 0 radical (unpaired) electrons. The molecule has 1 aliphatic carbocycles. The minimum absolute atomic E-state index is 0.0855. The molecule has 0 unspecified atom stereocenters. The number of methoxy groups -OCH3 is 1. The van der Waals surface area contributed by atoms with Crippen LogP contribution in [-0.2, 0) is 16.1 Å². The molecule has 0 atom stereocenters. The van der Waals surface area contributed by atoms with Gasteiger partial charge in [-0.2, -0.15) is 0 Å². The lowest BCUT2D eigenvalue weighted by Gasteiger charge is -2.23. The molecule has 1 aliphatic rings. The smallest absolute Gasteiger partial charge is 0.236 e. The van der Waals surface area contributed by atoms with Gasteiger partial charge in [-0.25, -0.2) is 4.39 Å². The Bertz CT molecular complexity index is 446. The van der Waals surface area contributed by atoms with E-state index < -0.39 is 0 Å². The highest BCUT2D eigenvalue weighted by molar-refractivity contribution is 5.78. The van der Waals surface area contributed by atoms with Crippen LogP contribution in [0.25, 0.3) is 0 Å². The standard InChI is InChI=1S/C16H23FN2O2/c1-21-9-8-18-10-16(20)19(11-13-2-3-13)12-14-4-6-15(17)7-5-14/h4-7,13,18H,2-3,8-12H2,1H3. The van der Waals surface area contributed by atoms with Gasteiger partial charge in [0.15, 0.2) is 0 Å². The zero-order valence-corrected chi connectivity index (χ0v) is 12.5. The molecule has 21 heavy (non-hydrogen) atoms. The summed E-state index contributed by atoms with van der Waals surface area (Å²) in [6.07, 6.45) is 2.40. The zero-order valence-electron chi connectivity index (χ0n) is 12.5. The highest BCUT2D eigenvalue weighted by Gasteiger charge is 2.26. The summed E-state index contributed by atoms with van der Waals surface area (Å²) in [7, 11) is 1.64. The maximum absolute atomic E-state index is 12.9.